The van der Waals surface area contributed by atoms with Crippen molar-refractivity contribution >= 4 is 21.8 Å². The monoisotopic (exact) mass is 339 g/mol. The lowest BCUT2D eigenvalue weighted by Gasteiger charge is -2.34. The van der Waals surface area contributed by atoms with E-state index in [4.69, 9.17) is 9.47 Å². The molecule has 1 amide bonds. The normalized spacial score (nSPS) is 26.8. The van der Waals surface area contributed by atoms with Crippen LogP contribution in [0.5, 0.6) is 0 Å². The SMILES string of the molecule is O=C([C@@H]1CCOC1)N1CCO[C@H](c2ccc(Br)cc2)C1. The molecule has 3 rings (SSSR count). The molecule has 1 aromatic rings. The number of morpholine rings is 1. The molecule has 0 N–H and O–H groups in total. The number of hydrogen-bond donors (Lipinski definition) is 0. The Morgan fingerprint density at radius 1 is 1.25 bits per heavy atom. The topological polar surface area (TPSA) is 38.8 Å². The third kappa shape index (κ3) is 3.05. The summed E-state index contributed by atoms with van der Waals surface area (Å²) in [6, 6.07) is 8.09. The highest BCUT2D eigenvalue weighted by Gasteiger charge is 2.31. The van der Waals surface area contributed by atoms with E-state index in [9.17, 15) is 4.79 Å². The van der Waals surface area contributed by atoms with Gasteiger partial charge in [0, 0.05) is 17.6 Å². The van der Waals surface area contributed by atoms with E-state index in [1.807, 2.05) is 29.2 Å². The molecule has 4 nitrogen and oxygen atoms in total. The van der Waals surface area contributed by atoms with E-state index < -0.39 is 0 Å². The van der Waals surface area contributed by atoms with Crippen molar-refractivity contribution in [3.8, 4) is 0 Å². The summed E-state index contributed by atoms with van der Waals surface area (Å²) in [5, 5.41) is 0. The molecule has 1 aromatic carbocycles. The summed E-state index contributed by atoms with van der Waals surface area (Å²) in [5.74, 6) is 0.256. The molecule has 0 radical (unpaired) electrons. The van der Waals surface area contributed by atoms with Crippen LogP contribution in [0.25, 0.3) is 0 Å². The van der Waals surface area contributed by atoms with Gasteiger partial charge in [-0.2, -0.15) is 0 Å². The molecule has 20 heavy (non-hydrogen) atoms. The third-order valence-corrected chi connectivity index (χ3v) is 4.43. The number of halogens is 1. The van der Waals surface area contributed by atoms with Gasteiger partial charge in [-0.3, -0.25) is 4.79 Å². The van der Waals surface area contributed by atoms with Gasteiger partial charge in [0.15, 0.2) is 0 Å². The standard InChI is InChI=1S/C15H18BrNO3/c16-13-3-1-11(2-4-13)14-9-17(6-8-20-14)15(18)12-5-7-19-10-12/h1-4,12,14H,5-10H2/t12-,14+/m1/s1. The van der Waals surface area contributed by atoms with Crippen molar-refractivity contribution < 1.29 is 14.3 Å². The van der Waals surface area contributed by atoms with Crippen molar-refractivity contribution in [1.29, 1.82) is 0 Å². The van der Waals surface area contributed by atoms with Gasteiger partial charge in [0.25, 0.3) is 0 Å². The quantitative estimate of drug-likeness (QED) is 0.830. The van der Waals surface area contributed by atoms with Gasteiger partial charge in [-0.1, -0.05) is 28.1 Å². The Labute approximate surface area is 127 Å². The number of benzene rings is 1. The van der Waals surface area contributed by atoms with Crippen LogP contribution >= 0.6 is 15.9 Å². The Morgan fingerprint density at radius 3 is 2.75 bits per heavy atom. The second-order valence-electron chi connectivity index (χ2n) is 5.26. The first kappa shape index (κ1) is 14.0. The maximum Gasteiger partial charge on any atom is 0.228 e. The van der Waals surface area contributed by atoms with Crippen LogP contribution in [0.15, 0.2) is 28.7 Å². The lowest BCUT2D eigenvalue weighted by atomic mass is 10.0. The number of rotatable bonds is 2. The Balaban J connectivity index is 1.66. The van der Waals surface area contributed by atoms with Gasteiger partial charge >= 0.3 is 0 Å². The smallest absolute Gasteiger partial charge is 0.228 e. The lowest BCUT2D eigenvalue weighted by molar-refractivity contribution is -0.143. The zero-order chi connectivity index (χ0) is 13.9. The van der Waals surface area contributed by atoms with Crippen molar-refractivity contribution in [2.45, 2.75) is 12.5 Å². The second kappa shape index (κ2) is 6.24. The fraction of sp³-hybridized carbons (Fsp3) is 0.533. The highest BCUT2D eigenvalue weighted by molar-refractivity contribution is 9.10. The van der Waals surface area contributed by atoms with Crippen LogP contribution < -0.4 is 0 Å². The van der Waals surface area contributed by atoms with E-state index in [1.165, 1.54) is 0 Å². The first-order valence-electron chi connectivity index (χ1n) is 6.97. The Morgan fingerprint density at radius 2 is 2.05 bits per heavy atom. The number of hydrogen-bond acceptors (Lipinski definition) is 3. The first-order valence-corrected chi connectivity index (χ1v) is 7.77. The molecule has 0 unspecified atom stereocenters. The van der Waals surface area contributed by atoms with Crippen LogP contribution in [0.3, 0.4) is 0 Å². The van der Waals surface area contributed by atoms with Crippen molar-refractivity contribution in [3.63, 3.8) is 0 Å². The van der Waals surface area contributed by atoms with E-state index in [0.29, 0.717) is 32.9 Å². The van der Waals surface area contributed by atoms with Crippen LogP contribution in [-0.4, -0.2) is 43.7 Å². The van der Waals surface area contributed by atoms with Gasteiger partial charge in [-0.05, 0) is 24.1 Å². The molecular formula is C15H18BrNO3. The second-order valence-corrected chi connectivity index (χ2v) is 6.17. The van der Waals surface area contributed by atoms with Gasteiger partial charge in [0.1, 0.15) is 6.10 Å². The minimum Gasteiger partial charge on any atom is -0.381 e. The van der Waals surface area contributed by atoms with Crippen LogP contribution in [0.1, 0.15) is 18.1 Å². The summed E-state index contributed by atoms with van der Waals surface area (Å²) in [6.07, 6.45) is 0.821. The highest BCUT2D eigenvalue weighted by Crippen LogP contribution is 2.25. The first-order chi connectivity index (χ1) is 9.74. The summed E-state index contributed by atoms with van der Waals surface area (Å²) in [6.45, 7) is 3.19. The predicted octanol–water partition coefficient (Wildman–Crippen LogP) is 2.39. The molecule has 0 spiro atoms. The Kier molecular flexibility index (Phi) is 4.38. The number of ether oxygens (including phenoxy) is 2. The van der Waals surface area contributed by atoms with Crippen molar-refractivity contribution in [2.24, 2.45) is 5.92 Å². The van der Waals surface area contributed by atoms with Crippen LogP contribution in [-0.2, 0) is 14.3 Å². The molecule has 108 valence electrons. The van der Waals surface area contributed by atoms with Gasteiger partial charge in [-0.25, -0.2) is 0 Å². The predicted molar refractivity (Wildman–Crippen MR) is 78.3 cm³/mol. The minimum atomic E-state index is -0.0249. The maximum absolute atomic E-state index is 12.4. The summed E-state index contributed by atoms with van der Waals surface area (Å²) in [7, 11) is 0. The lowest BCUT2D eigenvalue weighted by Crippen LogP contribution is -2.45. The van der Waals surface area contributed by atoms with Gasteiger partial charge in [-0.15, -0.1) is 0 Å². The molecule has 2 fully saturated rings. The van der Waals surface area contributed by atoms with Crippen molar-refractivity contribution in [2.75, 3.05) is 32.9 Å². The molecule has 2 aliphatic heterocycles. The van der Waals surface area contributed by atoms with Crippen LogP contribution in [0, 0.1) is 5.92 Å². The molecular weight excluding hydrogens is 322 g/mol. The third-order valence-electron chi connectivity index (χ3n) is 3.90. The zero-order valence-corrected chi connectivity index (χ0v) is 12.8. The van der Waals surface area contributed by atoms with E-state index >= 15 is 0 Å². The van der Waals surface area contributed by atoms with E-state index in [2.05, 4.69) is 15.9 Å². The fourth-order valence-electron chi connectivity index (χ4n) is 2.72. The summed E-state index contributed by atoms with van der Waals surface area (Å²) in [4.78, 5) is 14.3. The fourth-order valence-corrected chi connectivity index (χ4v) is 2.98. The molecule has 2 saturated heterocycles. The highest BCUT2D eigenvalue weighted by atomic mass is 79.9. The summed E-state index contributed by atoms with van der Waals surface area (Å²) >= 11 is 3.43. The molecule has 2 heterocycles. The number of nitrogens with zero attached hydrogens (tertiary/aromatic N) is 1. The summed E-state index contributed by atoms with van der Waals surface area (Å²) in [5.41, 5.74) is 1.12. The average molecular weight is 340 g/mol. The zero-order valence-electron chi connectivity index (χ0n) is 11.3. The summed E-state index contributed by atoms with van der Waals surface area (Å²) < 4.78 is 12.2. The molecule has 2 atom stereocenters. The molecule has 0 aromatic heterocycles. The molecule has 0 bridgehead atoms. The van der Waals surface area contributed by atoms with Gasteiger partial charge in [0.2, 0.25) is 5.91 Å². The van der Waals surface area contributed by atoms with Crippen LogP contribution in [0.4, 0.5) is 0 Å². The van der Waals surface area contributed by atoms with E-state index in [-0.39, 0.29) is 17.9 Å². The number of amides is 1. The minimum absolute atomic E-state index is 0.0249. The average Bonchev–Trinajstić information content (AvgIpc) is 3.01. The molecule has 0 aliphatic carbocycles. The molecule has 5 heteroatoms. The van der Waals surface area contributed by atoms with Crippen molar-refractivity contribution in [1.82, 2.24) is 4.90 Å². The largest absolute Gasteiger partial charge is 0.381 e. The van der Waals surface area contributed by atoms with Crippen LogP contribution in [0.2, 0.25) is 0 Å². The maximum atomic E-state index is 12.4. The Bertz CT molecular complexity index is 471. The number of carbonyl (C=O) groups is 1. The van der Waals surface area contributed by atoms with Gasteiger partial charge < -0.3 is 14.4 Å². The van der Waals surface area contributed by atoms with E-state index in [0.717, 1.165) is 16.5 Å². The molecule has 2 aliphatic rings. The van der Waals surface area contributed by atoms with Gasteiger partial charge in [0.05, 0.1) is 25.7 Å². The molecule has 0 saturated carbocycles. The van der Waals surface area contributed by atoms with Crippen molar-refractivity contribution in [3.05, 3.63) is 34.3 Å². The number of carbonyl (C=O) groups excluding carboxylic acids is 1. The van der Waals surface area contributed by atoms with E-state index in [1.54, 1.807) is 0 Å². The Hall–Kier alpha value is -0.910.